The van der Waals surface area contributed by atoms with E-state index in [0.29, 0.717) is 0 Å². The van der Waals surface area contributed by atoms with Crippen molar-refractivity contribution in [1.29, 1.82) is 0 Å². The average molecular weight is 164 g/mol. The quantitative estimate of drug-likeness (QED) is 0.421. The highest BCUT2D eigenvalue weighted by molar-refractivity contribution is 5.81. The van der Waals surface area contributed by atoms with Crippen LogP contribution in [0.25, 0.3) is 0 Å². The van der Waals surface area contributed by atoms with E-state index in [2.05, 4.69) is 10.1 Å². The number of hydrogen-bond donors (Lipinski definition) is 1. The predicted octanol–water partition coefficient (Wildman–Crippen LogP) is 1.86. The number of rotatable bonds is 3. The first kappa shape index (κ1) is 8.71. The number of nitrogens with zero attached hydrogens (tertiary/aromatic N) is 2. The second kappa shape index (κ2) is 4.49. The maximum absolute atomic E-state index is 8.39. The molecule has 0 aliphatic heterocycles. The van der Waals surface area contributed by atoms with E-state index < -0.39 is 0 Å². The van der Waals surface area contributed by atoms with Crippen LogP contribution in [0.5, 0.6) is 0 Å². The van der Waals surface area contributed by atoms with Gasteiger partial charge in [0.2, 0.25) is 0 Å². The van der Waals surface area contributed by atoms with Crippen LogP contribution in [-0.2, 0) is 6.42 Å². The van der Waals surface area contributed by atoms with Gasteiger partial charge in [0, 0.05) is 12.4 Å². The Morgan fingerprint density at radius 2 is 2.17 bits per heavy atom. The predicted molar refractivity (Wildman–Crippen MR) is 47.5 cm³/mol. The van der Waals surface area contributed by atoms with Crippen LogP contribution in [0.4, 0.5) is 0 Å². The molecular formula is C9H12N2O. The molecule has 0 amide bonds. The summed E-state index contributed by atoms with van der Waals surface area (Å²) >= 11 is 0. The zero-order valence-electron chi connectivity index (χ0n) is 7.07. The van der Waals surface area contributed by atoms with E-state index in [1.165, 1.54) is 5.56 Å². The standard InChI is InChI=1S/C9H12N2O/c1-8(11-12)2-3-9-4-6-10-7-5-9/h4-7,12H,2-3H2,1H3. The Morgan fingerprint density at radius 3 is 2.75 bits per heavy atom. The SMILES string of the molecule is CC(CCc1ccncc1)=NO. The fraction of sp³-hybridized carbons (Fsp3) is 0.333. The molecule has 0 aromatic carbocycles. The van der Waals surface area contributed by atoms with Crippen molar-refractivity contribution < 1.29 is 5.21 Å². The van der Waals surface area contributed by atoms with E-state index in [0.717, 1.165) is 18.6 Å². The van der Waals surface area contributed by atoms with E-state index >= 15 is 0 Å². The molecule has 0 aliphatic carbocycles. The van der Waals surface area contributed by atoms with Crippen LogP contribution in [0.15, 0.2) is 29.7 Å². The Hall–Kier alpha value is -1.38. The number of oxime groups is 1. The van der Waals surface area contributed by atoms with E-state index in [4.69, 9.17) is 5.21 Å². The molecular weight excluding hydrogens is 152 g/mol. The van der Waals surface area contributed by atoms with Crippen LogP contribution in [-0.4, -0.2) is 15.9 Å². The molecule has 3 heteroatoms. The number of hydrogen-bond acceptors (Lipinski definition) is 3. The van der Waals surface area contributed by atoms with Gasteiger partial charge in [0.15, 0.2) is 0 Å². The Morgan fingerprint density at radius 1 is 1.50 bits per heavy atom. The number of aromatic nitrogens is 1. The van der Waals surface area contributed by atoms with Gasteiger partial charge in [-0.05, 0) is 37.5 Å². The lowest BCUT2D eigenvalue weighted by Gasteiger charge is -1.98. The van der Waals surface area contributed by atoms with Crippen LogP contribution >= 0.6 is 0 Å². The monoisotopic (exact) mass is 164 g/mol. The van der Waals surface area contributed by atoms with Crippen LogP contribution in [0, 0.1) is 0 Å². The van der Waals surface area contributed by atoms with Gasteiger partial charge in [-0.3, -0.25) is 4.98 Å². The lowest BCUT2D eigenvalue weighted by molar-refractivity contribution is 0.317. The van der Waals surface area contributed by atoms with Gasteiger partial charge in [-0.15, -0.1) is 0 Å². The molecule has 0 unspecified atom stereocenters. The molecule has 0 saturated carbocycles. The molecule has 0 spiro atoms. The Kier molecular flexibility index (Phi) is 3.26. The minimum absolute atomic E-state index is 0.756. The van der Waals surface area contributed by atoms with Crippen LogP contribution in [0.3, 0.4) is 0 Å². The maximum atomic E-state index is 8.39. The molecule has 1 heterocycles. The van der Waals surface area contributed by atoms with Crippen LogP contribution < -0.4 is 0 Å². The molecule has 12 heavy (non-hydrogen) atoms. The van der Waals surface area contributed by atoms with Crippen LogP contribution in [0.1, 0.15) is 18.9 Å². The highest BCUT2D eigenvalue weighted by Gasteiger charge is 1.94. The molecule has 1 aromatic rings. The first-order chi connectivity index (χ1) is 5.83. The second-order valence-corrected chi connectivity index (χ2v) is 2.69. The third kappa shape index (κ3) is 2.70. The molecule has 1 rings (SSSR count). The Labute approximate surface area is 71.8 Å². The summed E-state index contributed by atoms with van der Waals surface area (Å²) in [4.78, 5) is 3.91. The molecule has 0 saturated heterocycles. The van der Waals surface area contributed by atoms with Gasteiger partial charge in [-0.1, -0.05) is 5.16 Å². The Bertz CT molecular complexity index is 256. The van der Waals surface area contributed by atoms with E-state index in [-0.39, 0.29) is 0 Å². The highest BCUT2D eigenvalue weighted by atomic mass is 16.4. The smallest absolute Gasteiger partial charge is 0.0543 e. The van der Waals surface area contributed by atoms with E-state index in [1.807, 2.05) is 12.1 Å². The van der Waals surface area contributed by atoms with Gasteiger partial charge in [0.25, 0.3) is 0 Å². The topological polar surface area (TPSA) is 45.5 Å². The lowest BCUT2D eigenvalue weighted by atomic mass is 10.1. The summed E-state index contributed by atoms with van der Waals surface area (Å²) in [5, 5.41) is 11.5. The molecule has 0 radical (unpaired) electrons. The van der Waals surface area contributed by atoms with Gasteiger partial charge < -0.3 is 5.21 Å². The van der Waals surface area contributed by atoms with E-state index in [9.17, 15) is 0 Å². The van der Waals surface area contributed by atoms with Crippen molar-refractivity contribution in [3.05, 3.63) is 30.1 Å². The molecule has 3 nitrogen and oxygen atoms in total. The van der Waals surface area contributed by atoms with Gasteiger partial charge in [-0.25, -0.2) is 0 Å². The molecule has 0 aliphatic rings. The summed E-state index contributed by atoms with van der Waals surface area (Å²) in [6.07, 6.45) is 5.22. The summed E-state index contributed by atoms with van der Waals surface area (Å²) in [6, 6.07) is 3.93. The first-order valence-corrected chi connectivity index (χ1v) is 3.89. The lowest BCUT2D eigenvalue weighted by Crippen LogP contribution is -1.94. The summed E-state index contributed by atoms with van der Waals surface area (Å²) in [5.74, 6) is 0. The zero-order valence-corrected chi connectivity index (χ0v) is 7.07. The molecule has 1 aromatic heterocycles. The number of pyridine rings is 1. The summed E-state index contributed by atoms with van der Waals surface area (Å²) < 4.78 is 0. The van der Waals surface area contributed by atoms with Crippen LogP contribution in [0.2, 0.25) is 0 Å². The zero-order chi connectivity index (χ0) is 8.81. The van der Waals surface area contributed by atoms with Gasteiger partial charge in [-0.2, -0.15) is 0 Å². The summed E-state index contributed by atoms with van der Waals surface area (Å²) in [5.41, 5.74) is 1.97. The van der Waals surface area contributed by atoms with Crippen molar-refractivity contribution in [3.63, 3.8) is 0 Å². The van der Waals surface area contributed by atoms with E-state index in [1.54, 1.807) is 19.3 Å². The van der Waals surface area contributed by atoms with Gasteiger partial charge in [0.1, 0.15) is 0 Å². The third-order valence-corrected chi connectivity index (χ3v) is 1.70. The van der Waals surface area contributed by atoms with Crippen molar-refractivity contribution >= 4 is 5.71 Å². The molecule has 1 N–H and O–H groups in total. The largest absolute Gasteiger partial charge is 0.411 e. The van der Waals surface area contributed by atoms with Crippen molar-refractivity contribution in [2.45, 2.75) is 19.8 Å². The van der Waals surface area contributed by atoms with Crippen molar-refractivity contribution in [2.24, 2.45) is 5.16 Å². The fourth-order valence-corrected chi connectivity index (χ4v) is 0.925. The van der Waals surface area contributed by atoms with Gasteiger partial charge in [0.05, 0.1) is 5.71 Å². The average Bonchev–Trinajstić information content (AvgIpc) is 2.16. The molecule has 64 valence electrons. The Balaban J connectivity index is 2.44. The minimum atomic E-state index is 0.756. The first-order valence-electron chi connectivity index (χ1n) is 3.89. The number of aryl methyl sites for hydroxylation is 1. The normalized spacial score (nSPS) is 11.6. The fourth-order valence-electron chi connectivity index (χ4n) is 0.925. The molecule has 0 bridgehead atoms. The van der Waals surface area contributed by atoms with Crippen molar-refractivity contribution in [1.82, 2.24) is 4.98 Å². The van der Waals surface area contributed by atoms with Gasteiger partial charge >= 0.3 is 0 Å². The van der Waals surface area contributed by atoms with Crippen molar-refractivity contribution in [2.75, 3.05) is 0 Å². The maximum Gasteiger partial charge on any atom is 0.0543 e. The third-order valence-electron chi connectivity index (χ3n) is 1.70. The summed E-state index contributed by atoms with van der Waals surface area (Å²) in [7, 11) is 0. The summed E-state index contributed by atoms with van der Waals surface area (Å²) in [6.45, 7) is 1.81. The second-order valence-electron chi connectivity index (χ2n) is 2.69. The van der Waals surface area contributed by atoms with Crippen molar-refractivity contribution in [3.8, 4) is 0 Å². The highest BCUT2D eigenvalue weighted by Crippen LogP contribution is 2.01. The molecule has 0 fully saturated rings. The molecule has 0 atom stereocenters. The minimum Gasteiger partial charge on any atom is -0.411 e.